The van der Waals surface area contributed by atoms with E-state index in [9.17, 15) is 4.79 Å². The molecule has 0 aromatic heterocycles. The number of hydrogen-bond donors (Lipinski definition) is 2. The second-order valence-electron chi connectivity index (χ2n) is 2.55. The molecule has 1 amide bonds. The number of amides is 1. The molecule has 1 aromatic carbocycles. The molecule has 0 bridgehead atoms. The topological polar surface area (TPSA) is 78.9 Å². The van der Waals surface area contributed by atoms with Crippen LogP contribution in [0.4, 0.5) is 5.69 Å². The minimum absolute atomic E-state index is 0.0998. The van der Waals surface area contributed by atoms with E-state index in [1.807, 2.05) is 6.07 Å². The molecule has 4 nitrogen and oxygen atoms in total. The van der Waals surface area contributed by atoms with Gasteiger partial charge in [0.1, 0.15) is 6.07 Å². The lowest BCUT2D eigenvalue weighted by Crippen LogP contribution is -2.22. The number of halogens is 1. The summed E-state index contributed by atoms with van der Waals surface area (Å²) in [6, 6.07) is 6.99. The van der Waals surface area contributed by atoms with Gasteiger partial charge in [-0.1, -0.05) is 15.9 Å². The zero-order valence-electron chi connectivity index (χ0n) is 7.25. The number of carbonyl (C=O) groups is 1. The van der Waals surface area contributed by atoms with Crippen LogP contribution in [0, 0.1) is 11.3 Å². The third-order valence-corrected chi connectivity index (χ3v) is 2.05. The van der Waals surface area contributed by atoms with Gasteiger partial charge >= 0.3 is 0 Å². The predicted molar refractivity (Wildman–Crippen MR) is 56.5 cm³/mol. The van der Waals surface area contributed by atoms with Gasteiger partial charge in [0, 0.05) is 4.47 Å². The van der Waals surface area contributed by atoms with Crippen molar-refractivity contribution < 1.29 is 4.79 Å². The SMILES string of the molecule is N#Cc1ccc(Br)cc1NC(=O)CN. The van der Waals surface area contributed by atoms with E-state index in [0.29, 0.717) is 11.3 Å². The van der Waals surface area contributed by atoms with Crippen LogP contribution in [-0.2, 0) is 4.79 Å². The molecule has 0 heterocycles. The van der Waals surface area contributed by atoms with Gasteiger partial charge in [-0.2, -0.15) is 5.26 Å². The Morgan fingerprint density at radius 2 is 2.36 bits per heavy atom. The van der Waals surface area contributed by atoms with E-state index in [0.717, 1.165) is 4.47 Å². The molecule has 3 N–H and O–H groups in total. The highest BCUT2D eigenvalue weighted by Gasteiger charge is 2.05. The Bertz CT molecular complexity index is 398. The molecule has 1 aromatic rings. The Morgan fingerprint density at radius 3 is 2.93 bits per heavy atom. The van der Waals surface area contributed by atoms with Crippen molar-refractivity contribution >= 4 is 27.5 Å². The van der Waals surface area contributed by atoms with Gasteiger partial charge in [-0.15, -0.1) is 0 Å². The normalized spacial score (nSPS) is 9.21. The summed E-state index contributed by atoms with van der Waals surface area (Å²) in [6.45, 7) is -0.0998. The van der Waals surface area contributed by atoms with E-state index in [4.69, 9.17) is 11.0 Å². The summed E-state index contributed by atoms with van der Waals surface area (Å²) in [7, 11) is 0. The van der Waals surface area contributed by atoms with E-state index in [1.54, 1.807) is 18.2 Å². The maximum absolute atomic E-state index is 11.0. The highest BCUT2D eigenvalue weighted by Crippen LogP contribution is 2.20. The van der Waals surface area contributed by atoms with Crippen molar-refractivity contribution in [2.45, 2.75) is 0 Å². The average molecular weight is 254 g/mol. The second-order valence-corrected chi connectivity index (χ2v) is 3.47. The minimum atomic E-state index is -0.320. The monoisotopic (exact) mass is 253 g/mol. The largest absolute Gasteiger partial charge is 0.324 e. The van der Waals surface area contributed by atoms with Crippen molar-refractivity contribution in [1.82, 2.24) is 0 Å². The van der Waals surface area contributed by atoms with Crippen LogP contribution in [0.15, 0.2) is 22.7 Å². The van der Waals surface area contributed by atoms with Gasteiger partial charge in [-0.05, 0) is 18.2 Å². The molecule has 0 aliphatic rings. The molecule has 0 saturated heterocycles. The number of rotatable bonds is 2. The van der Waals surface area contributed by atoms with Crippen molar-refractivity contribution in [3.63, 3.8) is 0 Å². The van der Waals surface area contributed by atoms with Gasteiger partial charge in [-0.25, -0.2) is 0 Å². The average Bonchev–Trinajstić information content (AvgIpc) is 2.18. The summed E-state index contributed by atoms with van der Waals surface area (Å²) >= 11 is 3.25. The fourth-order valence-electron chi connectivity index (χ4n) is 0.919. The van der Waals surface area contributed by atoms with Gasteiger partial charge in [0.2, 0.25) is 5.91 Å². The van der Waals surface area contributed by atoms with E-state index in [2.05, 4.69) is 21.2 Å². The second kappa shape index (κ2) is 4.74. The van der Waals surface area contributed by atoms with Crippen LogP contribution in [0.5, 0.6) is 0 Å². The van der Waals surface area contributed by atoms with Crippen LogP contribution in [0.2, 0.25) is 0 Å². The molecular weight excluding hydrogens is 246 g/mol. The molecule has 0 spiro atoms. The van der Waals surface area contributed by atoms with Crippen LogP contribution in [-0.4, -0.2) is 12.5 Å². The summed E-state index contributed by atoms with van der Waals surface area (Å²) in [5.74, 6) is -0.320. The number of nitrogens with two attached hydrogens (primary N) is 1. The number of hydrogen-bond acceptors (Lipinski definition) is 3. The standard InChI is InChI=1S/C9H8BrN3O/c10-7-2-1-6(4-11)8(3-7)13-9(14)5-12/h1-3H,5,12H2,(H,13,14). The smallest absolute Gasteiger partial charge is 0.238 e. The third kappa shape index (κ3) is 2.55. The van der Waals surface area contributed by atoms with Gasteiger partial charge in [0.25, 0.3) is 0 Å². The molecule has 14 heavy (non-hydrogen) atoms. The Kier molecular flexibility index (Phi) is 3.63. The number of nitrogens with one attached hydrogen (secondary N) is 1. The number of nitriles is 1. The van der Waals surface area contributed by atoms with Crippen LogP contribution in [0.1, 0.15) is 5.56 Å². The molecule has 1 rings (SSSR count). The van der Waals surface area contributed by atoms with E-state index in [1.165, 1.54) is 0 Å². The highest BCUT2D eigenvalue weighted by atomic mass is 79.9. The van der Waals surface area contributed by atoms with Crippen molar-refractivity contribution in [2.75, 3.05) is 11.9 Å². The van der Waals surface area contributed by atoms with Gasteiger partial charge in [0.15, 0.2) is 0 Å². The molecule has 0 unspecified atom stereocenters. The Hall–Kier alpha value is -1.38. The van der Waals surface area contributed by atoms with Crippen LogP contribution >= 0.6 is 15.9 Å². The maximum Gasteiger partial charge on any atom is 0.238 e. The minimum Gasteiger partial charge on any atom is -0.324 e. The Balaban J connectivity index is 3.00. The zero-order chi connectivity index (χ0) is 10.6. The number of benzene rings is 1. The van der Waals surface area contributed by atoms with E-state index < -0.39 is 0 Å². The fourth-order valence-corrected chi connectivity index (χ4v) is 1.28. The molecule has 0 aliphatic heterocycles. The van der Waals surface area contributed by atoms with E-state index >= 15 is 0 Å². The quantitative estimate of drug-likeness (QED) is 0.832. The maximum atomic E-state index is 11.0. The van der Waals surface area contributed by atoms with Gasteiger partial charge < -0.3 is 11.1 Å². The number of carbonyl (C=O) groups excluding carboxylic acids is 1. The van der Waals surface area contributed by atoms with Crippen LogP contribution < -0.4 is 11.1 Å². The summed E-state index contributed by atoms with van der Waals surface area (Å²) in [5, 5.41) is 11.3. The Morgan fingerprint density at radius 1 is 1.64 bits per heavy atom. The Labute approximate surface area is 89.8 Å². The lowest BCUT2D eigenvalue weighted by molar-refractivity contribution is -0.114. The number of nitrogens with zero attached hydrogens (tertiary/aromatic N) is 1. The first-order valence-corrected chi connectivity index (χ1v) is 4.66. The first kappa shape index (κ1) is 10.7. The van der Waals surface area contributed by atoms with Crippen molar-refractivity contribution in [3.05, 3.63) is 28.2 Å². The van der Waals surface area contributed by atoms with Crippen molar-refractivity contribution in [3.8, 4) is 6.07 Å². The molecule has 0 saturated carbocycles. The van der Waals surface area contributed by atoms with Gasteiger partial charge in [-0.3, -0.25) is 4.79 Å². The molecule has 72 valence electrons. The van der Waals surface area contributed by atoms with Crippen LogP contribution in [0.3, 0.4) is 0 Å². The molecule has 0 fully saturated rings. The van der Waals surface area contributed by atoms with Gasteiger partial charge in [0.05, 0.1) is 17.8 Å². The van der Waals surface area contributed by atoms with Crippen molar-refractivity contribution in [1.29, 1.82) is 5.26 Å². The highest BCUT2D eigenvalue weighted by molar-refractivity contribution is 9.10. The van der Waals surface area contributed by atoms with Crippen LogP contribution in [0.25, 0.3) is 0 Å². The molecule has 5 heteroatoms. The summed E-state index contributed by atoms with van der Waals surface area (Å²) in [4.78, 5) is 11.0. The van der Waals surface area contributed by atoms with Crippen molar-refractivity contribution in [2.24, 2.45) is 5.73 Å². The summed E-state index contributed by atoms with van der Waals surface area (Å²) in [5.41, 5.74) is 6.02. The molecule has 0 atom stereocenters. The molecular formula is C9H8BrN3O. The lowest BCUT2D eigenvalue weighted by atomic mass is 10.2. The van der Waals surface area contributed by atoms with E-state index in [-0.39, 0.29) is 12.5 Å². The fraction of sp³-hybridized carbons (Fsp3) is 0.111. The predicted octanol–water partition coefficient (Wildman–Crippen LogP) is 1.22. The summed E-state index contributed by atoms with van der Waals surface area (Å²) < 4.78 is 0.795. The zero-order valence-corrected chi connectivity index (χ0v) is 8.84. The lowest BCUT2D eigenvalue weighted by Gasteiger charge is -2.05. The molecule has 0 aliphatic carbocycles. The summed E-state index contributed by atoms with van der Waals surface area (Å²) in [6.07, 6.45) is 0. The first-order chi connectivity index (χ1) is 6.67. The third-order valence-electron chi connectivity index (χ3n) is 1.56. The first-order valence-electron chi connectivity index (χ1n) is 3.87. The number of anilines is 1. The molecule has 0 radical (unpaired) electrons.